The van der Waals surface area contributed by atoms with Gasteiger partial charge in [0.05, 0.1) is 10.7 Å². The van der Waals surface area contributed by atoms with E-state index in [1.165, 1.54) is 48.5 Å². The lowest BCUT2D eigenvalue weighted by atomic mass is 10.1. The van der Waals surface area contributed by atoms with Crippen molar-refractivity contribution in [2.75, 3.05) is 11.4 Å². The number of hydrogen-bond acceptors (Lipinski definition) is 2. The summed E-state index contributed by atoms with van der Waals surface area (Å²) in [6.45, 7) is 8.53. The van der Waals surface area contributed by atoms with Crippen LogP contribution in [0.3, 0.4) is 0 Å². The molecule has 0 spiro atoms. The van der Waals surface area contributed by atoms with Crippen molar-refractivity contribution in [3.05, 3.63) is 83.0 Å². The first kappa shape index (κ1) is 18.3. The van der Waals surface area contributed by atoms with Gasteiger partial charge in [0.2, 0.25) is 11.2 Å². The second-order valence-electron chi connectivity index (χ2n) is 7.53. The molecule has 0 amide bonds. The van der Waals surface area contributed by atoms with Crippen molar-refractivity contribution in [2.24, 2.45) is 0 Å². The quantitative estimate of drug-likeness (QED) is 0.362. The van der Waals surface area contributed by atoms with E-state index in [1.54, 1.807) is 0 Å². The normalized spacial score (nSPS) is 14.9. The number of benzene rings is 3. The van der Waals surface area contributed by atoms with Crippen molar-refractivity contribution >= 4 is 45.2 Å². The van der Waals surface area contributed by atoms with Crippen molar-refractivity contribution in [1.82, 2.24) is 0 Å². The third kappa shape index (κ3) is 3.01. The summed E-state index contributed by atoms with van der Waals surface area (Å²) >= 11 is 1.88. The summed E-state index contributed by atoms with van der Waals surface area (Å²) < 4.78 is 2.41. The average Bonchev–Trinajstić information content (AvgIpc) is 3.11. The highest BCUT2D eigenvalue weighted by atomic mass is 32.2. The molecule has 2 heterocycles. The van der Waals surface area contributed by atoms with Gasteiger partial charge in [-0.15, -0.1) is 0 Å². The summed E-state index contributed by atoms with van der Waals surface area (Å²) in [6, 6.07) is 24.4. The lowest BCUT2D eigenvalue weighted by molar-refractivity contribution is -0.669. The monoisotopic (exact) mass is 397 g/mol. The van der Waals surface area contributed by atoms with Gasteiger partial charge in [0, 0.05) is 40.4 Å². The Labute approximate surface area is 176 Å². The summed E-state index contributed by atoms with van der Waals surface area (Å²) in [5.41, 5.74) is 5.20. The summed E-state index contributed by atoms with van der Waals surface area (Å²) in [7, 11) is 0. The van der Waals surface area contributed by atoms with E-state index in [0.717, 1.165) is 13.1 Å². The molecular formula is C26H25N2S+. The largest absolute Gasteiger partial charge is 0.335 e. The number of aryl methyl sites for hydroxylation is 2. The Balaban J connectivity index is 1.66. The molecule has 144 valence electrons. The fraction of sp³-hybridized carbons (Fsp3) is 0.192. The van der Waals surface area contributed by atoms with Crippen LogP contribution in [-0.4, -0.2) is 6.54 Å². The fourth-order valence-corrected chi connectivity index (χ4v) is 5.55. The molecule has 0 aliphatic carbocycles. The Kier molecular flexibility index (Phi) is 4.56. The Morgan fingerprint density at radius 2 is 1.76 bits per heavy atom. The van der Waals surface area contributed by atoms with E-state index in [4.69, 9.17) is 0 Å². The number of aromatic nitrogens is 1. The van der Waals surface area contributed by atoms with Crippen LogP contribution in [0.4, 0.5) is 5.69 Å². The highest BCUT2D eigenvalue weighted by molar-refractivity contribution is 8.04. The molecule has 0 fully saturated rings. The molecule has 0 atom stereocenters. The Morgan fingerprint density at radius 1 is 0.931 bits per heavy atom. The summed E-state index contributed by atoms with van der Waals surface area (Å²) in [5, 5.41) is 5.23. The first-order chi connectivity index (χ1) is 14.2. The predicted octanol–water partition coefficient (Wildman–Crippen LogP) is 6.54. The summed E-state index contributed by atoms with van der Waals surface area (Å²) in [5.74, 6) is 0. The molecule has 1 aliphatic heterocycles. The number of anilines is 1. The van der Waals surface area contributed by atoms with Gasteiger partial charge in [-0.2, -0.15) is 4.57 Å². The van der Waals surface area contributed by atoms with Crippen LogP contribution in [0.5, 0.6) is 0 Å². The zero-order valence-corrected chi connectivity index (χ0v) is 18.0. The predicted molar refractivity (Wildman–Crippen MR) is 125 cm³/mol. The maximum atomic E-state index is 2.46. The molecular weight excluding hydrogens is 372 g/mol. The molecule has 0 saturated carbocycles. The molecule has 0 bridgehead atoms. The third-order valence-electron chi connectivity index (χ3n) is 5.74. The Morgan fingerprint density at radius 3 is 2.59 bits per heavy atom. The van der Waals surface area contributed by atoms with Crippen LogP contribution >= 0.6 is 11.8 Å². The minimum absolute atomic E-state index is 0.951. The standard InChI is InChI=1S/C26H25N2S/c1-4-27-21(13-11-20-16-18(3)10-14-23(20)27)17-25-28(5-2)26-22-9-7-6-8-19(22)12-15-24(26)29-25/h6-17H,4-5H2,1-3H3/q+1. The van der Waals surface area contributed by atoms with Gasteiger partial charge < -0.3 is 4.90 Å². The van der Waals surface area contributed by atoms with Crippen LogP contribution in [-0.2, 0) is 6.54 Å². The lowest BCUT2D eigenvalue weighted by Crippen LogP contribution is -2.37. The minimum atomic E-state index is 0.951. The lowest BCUT2D eigenvalue weighted by Gasteiger charge is -2.19. The summed E-state index contributed by atoms with van der Waals surface area (Å²) in [6.07, 6.45) is 2.35. The molecule has 0 unspecified atom stereocenters. The van der Waals surface area contributed by atoms with E-state index in [9.17, 15) is 0 Å². The summed E-state index contributed by atoms with van der Waals surface area (Å²) in [4.78, 5) is 3.80. The van der Waals surface area contributed by atoms with Crippen LogP contribution in [0.2, 0.25) is 0 Å². The van der Waals surface area contributed by atoms with Crippen LogP contribution in [0.15, 0.2) is 76.7 Å². The number of rotatable bonds is 3. The second kappa shape index (κ2) is 7.23. The molecule has 1 aliphatic rings. The topological polar surface area (TPSA) is 7.12 Å². The molecule has 3 aromatic carbocycles. The first-order valence-corrected chi connectivity index (χ1v) is 11.1. The Bertz CT molecular complexity index is 1270. The molecule has 4 aromatic rings. The van der Waals surface area contributed by atoms with Gasteiger partial charge in [0.25, 0.3) is 0 Å². The zero-order chi connectivity index (χ0) is 20.0. The van der Waals surface area contributed by atoms with Gasteiger partial charge in [-0.05, 0) is 44.4 Å². The van der Waals surface area contributed by atoms with Gasteiger partial charge in [0.1, 0.15) is 6.54 Å². The van der Waals surface area contributed by atoms with Crippen molar-refractivity contribution in [2.45, 2.75) is 32.2 Å². The van der Waals surface area contributed by atoms with Crippen LogP contribution in [0.1, 0.15) is 25.1 Å². The van der Waals surface area contributed by atoms with Crippen LogP contribution in [0, 0.1) is 6.92 Å². The Hall–Kier alpha value is -2.78. The number of hydrogen-bond donors (Lipinski definition) is 0. The van der Waals surface area contributed by atoms with E-state index in [2.05, 4.69) is 103 Å². The van der Waals surface area contributed by atoms with Crippen LogP contribution in [0.25, 0.3) is 27.8 Å². The van der Waals surface area contributed by atoms with E-state index < -0.39 is 0 Å². The SMILES string of the molecule is CCN1/C(=C/c2ccc3cc(C)ccc3[n+]2CC)Sc2ccc3ccccc3c21. The number of pyridine rings is 1. The van der Waals surface area contributed by atoms with Gasteiger partial charge in [-0.1, -0.05) is 53.7 Å². The molecule has 3 heteroatoms. The maximum Gasteiger partial charge on any atom is 0.212 e. The van der Waals surface area contributed by atoms with Gasteiger partial charge in [-0.3, -0.25) is 0 Å². The highest BCUT2D eigenvalue weighted by Crippen LogP contribution is 2.49. The molecule has 0 N–H and O–H groups in total. The molecule has 0 saturated heterocycles. The highest BCUT2D eigenvalue weighted by Gasteiger charge is 2.27. The van der Waals surface area contributed by atoms with Crippen molar-refractivity contribution in [1.29, 1.82) is 0 Å². The molecule has 0 radical (unpaired) electrons. The molecule has 29 heavy (non-hydrogen) atoms. The minimum Gasteiger partial charge on any atom is -0.335 e. The molecule has 2 nitrogen and oxygen atoms in total. The smallest absolute Gasteiger partial charge is 0.212 e. The van der Waals surface area contributed by atoms with E-state index in [-0.39, 0.29) is 0 Å². The first-order valence-electron chi connectivity index (χ1n) is 10.3. The van der Waals surface area contributed by atoms with Crippen molar-refractivity contribution in [3.63, 3.8) is 0 Å². The molecule has 1 aromatic heterocycles. The van der Waals surface area contributed by atoms with E-state index in [0.29, 0.717) is 0 Å². The second-order valence-corrected chi connectivity index (χ2v) is 8.59. The number of thioether (sulfide) groups is 1. The third-order valence-corrected chi connectivity index (χ3v) is 6.83. The molecule has 5 rings (SSSR count). The maximum absolute atomic E-state index is 2.46. The van der Waals surface area contributed by atoms with Crippen molar-refractivity contribution in [3.8, 4) is 0 Å². The fourth-order valence-electron chi connectivity index (χ4n) is 4.36. The van der Waals surface area contributed by atoms with Crippen LogP contribution < -0.4 is 9.47 Å². The van der Waals surface area contributed by atoms with E-state index >= 15 is 0 Å². The van der Waals surface area contributed by atoms with Crippen molar-refractivity contribution < 1.29 is 4.57 Å². The average molecular weight is 398 g/mol. The van der Waals surface area contributed by atoms with Gasteiger partial charge >= 0.3 is 0 Å². The van der Waals surface area contributed by atoms with E-state index in [1.807, 2.05) is 11.8 Å². The number of nitrogens with zero attached hydrogens (tertiary/aromatic N) is 2. The number of fused-ring (bicyclic) bond motifs is 4. The van der Waals surface area contributed by atoms with Gasteiger partial charge in [-0.25, -0.2) is 0 Å². The zero-order valence-electron chi connectivity index (χ0n) is 17.1. The van der Waals surface area contributed by atoms with Gasteiger partial charge in [0.15, 0.2) is 0 Å².